The van der Waals surface area contributed by atoms with E-state index in [-0.39, 0.29) is 11.4 Å². The van der Waals surface area contributed by atoms with Crippen molar-refractivity contribution in [2.45, 2.75) is 38.6 Å². The maximum atomic E-state index is 11.0. The fraction of sp³-hybridized carbons (Fsp3) is 0.875. The van der Waals surface area contributed by atoms with Crippen LogP contribution in [0.3, 0.4) is 0 Å². The minimum absolute atomic E-state index is 0.0735. The van der Waals surface area contributed by atoms with Crippen molar-refractivity contribution in [1.82, 2.24) is 5.32 Å². The van der Waals surface area contributed by atoms with E-state index in [9.17, 15) is 4.79 Å². The van der Waals surface area contributed by atoms with E-state index < -0.39 is 0 Å². The van der Waals surface area contributed by atoms with Gasteiger partial charge in [-0.05, 0) is 26.7 Å². The highest BCUT2D eigenvalue weighted by atomic mass is 16.2. The first-order valence-corrected chi connectivity index (χ1v) is 3.87. The highest BCUT2D eigenvalue weighted by Gasteiger charge is 2.59. The Labute approximate surface area is 61.0 Å². The van der Waals surface area contributed by atoms with Crippen LogP contribution in [0.25, 0.3) is 0 Å². The van der Waals surface area contributed by atoms with Crippen molar-refractivity contribution in [3.63, 3.8) is 0 Å². The zero-order chi connectivity index (χ0) is 7.41. The minimum atomic E-state index is 0.0735. The van der Waals surface area contributed by atoms with Crippen molar-refractivity contribution in [2.75, 3.05) is 0 Å². The second kappa shape index (κ2) is 1.39. The zero-order valence-electron chi connectivity index (χ0n) is 6.53. The second-order valence-electron chi connectivity index (χ2n) is 4.13. The smallest absolute Gasteiger partial charge is 0.221 e. The summed E-state index contributed by atoms with van der Waals surface area (Å²) in [7, 11) is 0. The molecule has 1 aliphatic heterocycles. The number of carbonyl (C=O) groups is 1. The fourth-order valence-electron chi connectivity index (χ4n) is 2.01. The molecule has 1 saturated heterocycles. The van der Waals surface area contributed by atoms with E-state index in [2.05, 4.69) is 19.2 Å². The average Bonchev–Trinajstić information content (AvgIpc) is 2.40. The molecular weight excluding hydrogens is 126 g/mol. The molecule has 0 aromatic carbocycles. The Kier molecular flexibility index (Phi) is 0.859. The maximum absolute atomic E-state index is 11.0. The lowest BCUT2D eigenvalue weighted by Gasteiger charge is -2.25. The van der Waals surface area contributed by atoms with Crippen molar-refractivity contribution in [3.05, 3.63) is 0 Å². The molecule has 1 aliphatic carbocycles. The molecule has 1 heterocycles. The van der Waals surface area contributed by atoms with Gasteiger partial charge in [0.2, 0.25) is 5.91 Å². The predicted molar refractivity (Wildman–Crippen MR) is 38.5 cm³/mol. The molecule has 2 rings (SSSR count). The number of rotatable bonds is 0. The topological polar surface area (TPSA) is 29.1 Å². The largest absolute Gasteiger partial charge is 0.351 e. The second-order valence-corrected chi connectivity index (χ2v) is 4.13. The van der Waals surface area contributed by atoms with Crippen LogP contribution in [0.2, 0.25) is 0 Å². The Balaban J connectivity index is 2.29. The molecule has 1 N–H and O–H groups in total. The third-order valence-corrected chi connectivity index (χ3v) is 3.13. The highest BCUT2D eigenvalue weighted by Crippen LogP contribution is 2.59. The first-order chi connectivity index (χ1) is 4.56. The van der Waals surface area contributed by atoms with Crippen LogP contribution in [0.15, 0.2) is 0 Å². The van der Waals surface area contributed by atoms with Crippen LogP contribution in [-0.4, -0.2) is 11.4 Å². The van der Waals surface area contributed by atoms with Gasteiger partial charge in [0, 0.05) is 17.4 Å². The fourth-order valence-corrected chi connectivity index (χ4v) is 2.01. The molecule has 2 aliphatic rings. The molecule has 1 amide bonds. The Morgan fingerprint density at radius 2 is 2.00 bits per heavy atom. The van der Waals surface area contributed by atoms with Crippen LogP contribution < -0.4 is 5.32 Å². The van der Waals surface area contributed by atoms with E-state index in [1.54, 1.807) is 0 Å². The molecule has 2 fully saturated rings. The lowest BCUT2D eigenvalue weighted by Crippen LogP contribution is -2.40. The van der Waals surface area contributed by atoms with Gasteiger partial charge in [0.1, 0.15) is 0 Å². The lowest BCUT2D eigenvalue weighted by molar-refractivity contribution is -0.119. The van der Waals surface area contributed by atoms with Gasteiger partial charge in [-0.25, -0.2) is 0 Å². The molecule has 1 saturated carbocycles. The maximum Gasteiger partial charge on any atom is 0.221 e. The Morgan fingerprint density at radius 1 is 1.40 bits per heavy atom. The van der Waals surface area contributed by atoms with Crippen molar-refractivity contribution < 1.29 is 4.79 Å². The first-order valence-electron chi connectivity index (χ1n) is 3.87. The monoisotopic (exact) mass is 139 g/mol. The number of amides is 1. The van der Waals surface area contributed by atoms with Crippen molar-refractivity contribution in [1.29, 1.82) is 0 Å². The summed E-state index contributed by atoms with van der Waals surface area (Å²) in [5.74, 6) is 0.238. The van der Waals surface area contributed by atoms with Gasteiger partial charge in [-0.2, -0.15) is 0 Å². The SMILES string of the molecule is CC1(C)NC(=O)CC12CC2. The van der Waals surface area contributed by atoms with Gasteiger partial charge in [0.15, 0.2) is 0 Å². The van der Waals surface area contributed by atoms with E-state index in [1.165, 1.54) is 12.8 Å². The van der Waals surface area contributed by atoms with Crippen molar-refractivity contribution in [3.8, 4) is 0 Å². The third kappa shape index (κ3) is 0.568. The van der Waals surface area contributed by atoms with Gasteiger partial charge >= 0.3 is 0 Å². The number of nitrogens with one attached hydrogen (secondary N) is 1. The summed E-state index contributed by atoms with van der Waals surface area (Å²) in [6.45, 7) is 4.26. The molecule has 0 aromatic rings. The quantitative estimate of drug-likeness (QED) is 0.534. The van der Waals surface area contributed by atoms with Crippen LogP contribution in [0.5, 0.6) is 0 Å². The van der Waals surface area contributed by atoms with Crippen molar-refractivity contribution in [2.24, 2.45) is 5.41 Å². The van der Waals surface area contributed by atoms with Crippen LogP contribution in [-0.2, 0) is 4.79 Å². The predicted octanol–water partition coefficient (Wildman–Crippen LogP) is 1.07. The number of hydrogen-bond acceptors (Lipinski definition) is 1. The number of hydrogen-bond donors (Lipinski definition) is 1. The molecular formula is C8H13NO. The molecule has 10 heavy (non-hydrogen) atoms. The summed E-state index contributed by atoms with van der Waals surface area (Å²) in [5, 5.41) is 3.01. The summed E-state index contributed by atoms with van der Waals surface area (Å²) in [5.41, 5.74) is 0.425. The van der Waals surface area contributed by atoms with Gasteiger partial charge in [0.05, 0.1) is 0 Å². The van der Waals surface area contributed by atoms with E-state index in [1.807, 2.05) is 0 Å². The van der Waals surface area contributed by atoms with Gasteiger partial charge in [0.25, 0.3) is 0 Å². The molecule has 0 radical (unpaired) electrons. The third-order valence-electron chi connectivity index (χ3n) is 3.13. The van der Waals surface area contributed by atoms with Crippen LogP contribution >= 0.6 is 0 Å². The van der Waals surface area contributed by atoms with Gasteiger partial charge < -0.3 is 5.32 Å². The molecule has 0 atom stereocenters. The number of carbonyl (C=O) groups excluding carboxylic acids is 1. The zero-order valence-corrected chi connectivity index (χ0v) is 6.53. The summed E-state index contributed by atoms with van der Waals surface area (Å²) in [6.07, 6.45) is 3.23. The van der Waals surface area contributed by atoms with E-state index in [0.29, 0.717) is 5.41 Å². The first kappa shape index (κ1) is 6.20. The van der Waals surface area contributed by atoms with Gasteiger partial charge in [-0.3, -0.25) is 4.79 Å². The van der Waals surface area contributed by atoms with E-state index in [4.69, 9.17) is 0 Å². The van der Waals surface area contributed by atoms with E-state index >= 15 is 0 Å². The minimum Gasteiger partial charge on any atom is -0.351 e. The van der Waals surface area contributed by atoms with Gasteiger partial charge in [-0.15, -0.1) is 0 Å². The normalized spacial score (nSPS) is 32.4. The summed E-state index contributed by atoms with van der Waals surface area (Å²) in [4.78, 5) is 11.0. The van der Waals surface area contributed by atoms with Crippen molar-refractivity contribution >= 4 is 5.91 Å². The molecule has 0 bridgehead atoms. The summed E-state index contributed by atoms with van der Waals surface area (Å²) < 4.78 is 0. The lowest BCUT2D eigenvalue weighted by atomic mass is 9.86. The highest BCUT2D eigenvalue weighted by molar-refractivity contribution is 5.81. The van der Waals surface area contributed by atoms with Crippen LogP contribution in [0, 0.1) is 5.41 Å². The molecule has 1 spiro atoms. The Hall–Kier alpha value is -0.530. The molecule has 56 valence electrons. The van der Waals surface area contributed by atoms with Crippen LogP contribution in [0.4, 0.5) is 0 Å². The summed E-state index contributed by atoms with van der Waals surface area (Å²) >= 11 is 0. The standard InChI is InChI=1S/C8H13NO/c1-7(2)8(3-4-8)5-6(10)9-7/h3-5H2,1-2H3,(H,9,10). The van der Waals surface area contributed by atoms with Crippen LogP contribution in [0.1, 0.15) is 33.1 Å². The molecule has 2 heteroatoms. The Morgan fingerprint density at radius 3 is 2.20 bits per heavy atom. The van der Waals surface area contributed by atoms with E-state index in [0.717, 1.165) is 6.42 Å². The molecule has 0 unspecified atom stereocenters. The Bertz CT molecular complexity index is 183. The molecule has 0 aromatic heterocycles. The summed E-state index contributed by atoms with van der Waals surface area (Å²) in [6, 6.07) is 0. The average molecular weight is 139 g/mol. The molecule has 2 nitrogen and oxygen atoms in total. The van der Waals surface area contributed by atoms with Gasteiger partial charge in [-0.1, -0.05) is 0 Å².